The number of rotatable bonds is 2. The quantitative estimate of drug-likeness (QED) is 0.572. The van der Waals surface area contributed by atoms with Gasteiger partial charge in [-0.25, -0.2) is 0 Å². The lowest BCUT2D eigenvalue weighted by atomic mass is 10.3. The summed E-state index contributed by atoms with van der Waals surface area (Å²) in [5.41, 5.74) is 0.891. The van der Waals surface area contributed by atoms with E-state index in [0.29, 0.717) is 6.54 Å². The van der Waals surface area contributed by atoms with Crippen LogP contribution < -0.4 is 0 Å². The summed E-state index contributed by atoms with van der Waals surface area (Å²) in [7, 11) is 0. The van der Waals surface area contributed by atoms with Crippen LogP contribution in [0.15, 0.2) is 18.5 Å². The molecule has 0 saturated carbocycles. The van der Waals surface area contributed by atoms with Crippen molar-refractivity contribution in [3.8, 4) is 18.4 Å². The monoisotopic (exact) mass is 143 g/mol. The van der Waals surface area contributed by atoms with Crippen molar-refractivity contribution >= 4 is 0 Å². The molecule has 0 unspecified atom stereocenters. The van der Waals surface area contributed by atoms with Gasteiger partial charge in [-0.2, -0.15) is 5.26 Å². The maximum atomic E-state index is 8.30. The molecule has 0 spiro atoms. The molecule has 11 heavy (non-hydrogen) atoms. The molecule has 1 radical (unpaired) electrons. The summed E-state index contributed by atoms with van der Waals surface area (Å²) in [6.45, 7) is 0.555. The van der Waals surface area contributed by atoms with E-state index in [9.17, 15) is 0 Å². The van der Waals surface area contributed by atoms with E-state index < -0.39 is 0 Å². The number of nitrogens with zero attached hydrogens (tertiary/aromatic N) is 2. The number of hydrogen-bond donors (Lipinski definition) is 0. The van der Waals surface area contributed by atoms with Crippen molar-refractivity contribution in [2.45, 2.75) is 6.54 Å². The third kappa shape index (κ3) is 1.88. The number of hydrogen-bond acceptors (Lipinski definition) is 1. The van der Waals surface area contributed by atoms with Crippen LogP contribution in [0.3, 0.4) is 0 Å². The zero-order chi connectivity index (χ0) is 8.10. The molecule has 0 atom stereocenters. The first-order chi connectivity index (χ1) is 5.36. The van der Waals surface area contributed by atoms with Crippen molar-refractivity contribution in [1.29, 1.82) is 5.26 Å². The lowest BCUT2D eigenvalue weighted by Crippen LogP contribution is -1.89. The average Bonchev–Trinajstić information content (AvgIpc) is 2.38. The summed E-state index contributed by atoms with van der Waals surface area (Å²) in [5, 5.41) is 8.30. The van der Waals surface area contributed by atoms with Gasteiger partial charge in [0.05, 0.1) is 19.0 Å². The van der Waals surface area contributed by atoms with Gasteiger partial charge < -0.3 is 4.57 Å². The Morgan fingerprint density at radius 1 is 1.73 bits per heavy atom. The second-order valence-corrected chi connectivity index (χ2v) is 2.09. The Labute approximate surface area is 66.1 Å². The SMILES string of the molecule is C#CCn1ccc([CH]C#N)c1. The normalized spacial score (nSPS) is 8.55. The summed E-state index contributed by atoms with van der Waals surface area (Å²) < 4.78 is 1.85. The van der Waals surface area contributed by atoms with E-state index in [1.165, 1.54) is 6.42 Å². The highest BCUT2D eigenvalue weighted by atomic mass is 14.9. The first kappa shape index (κ1) is 7.44. The van der Waals surface area contributed by atoms with Gasteiger partial charge >= 0.3 is 0 Å². The lowest BCUT2D eigenvalue weighted by Gasteiger charge is -1.91. The van der Waals surface area contributed by atoms with Crippen LogP contribution in [0.5, 0.6) is 0 Å². The molecule has 1 aromatic heterocycles. The van der Waals surface area contributed by atoms with Gasteiger partial charge in [0, 0.05) is 12.4 Å². The summed E-state index contributed by atoms with van der Waals surface area (Å²) >= 11 is 0. The van der Waals surface area contributed by atoms with Crippen molar-refractivity contribution in [3.63, 3.8) is 0 Å². The Kier molecular flexibility index (Phi) is 2.36. The fourth-order valence-corrected chi connectivity index (χ4v) is 0.823. The lowest BCUT2D eigenvalue weighted by molar-refractivity contribution is 0.850. The van der Waals surface area contributed by atoms with Crippen molar-refractivity contribution < 1.29 is 0 Å². The van der Waals surface area contributed by atoms with Gasteiger partial charge in [0.1, 0.15) is 0 Å². The van der Waals surface area contributed by atoms with Crippen LogP contribution in [0.4, 0.5) is 0 Å². The van der Waals surface area contributed by atoms with Gasteiger partial charge in [0.15, 0.2) is 0 Å². The fraction of sp³-hybridized carbons (Fsp3) is 0.111. The van der Waals surface area contributed by atoms with Crippen molar-refractivity contribution in [2.24, 2.45) is 0 Å². The smallest absolute Gasteiger partial charge is 0.0927 e. The second kappa shape index (κ2) is 3.49. The Morgan fingerprint density at radius 2 is 2.55 bits per heavy atom. The fourth-order valence-electron chi connectivity index (χ4n) is 0.823. The van der Waals surface area contributed by atoms with Gasteiger partial charge in [-0.15, -0.1) is 6.42 Å². The number of aromatic nitrogens is 1. The minimum absolute atomic E-state index is 0.555. The molecule has 0 aliphatic rings. The predicted molar refractivity (Wildman–Crippen MR) is 42.3 cm³/mol. The average molecular weight is 143 g/mol. The zero-order valence-corrected chi connectivity index (χ0v) is 5.99. The van der Waals surface area contributed by atoms with Gasteiger partial charge in [-0.1, -0.05) is 5.92 Å². The minimum Gasteiger partial charge on any atom is -0.342 e. The summed E-state index contributed by atoms with van der Waals surface area (Å²) in [6, 6.07) is 3.80. The number of terminal acetylenes is 1. The molecular formula is C9H7N2. The summed E-state index contributed by atoms with van der Waals surface area (Å²) in [5.74, 6) is 2.51. The van der Waals surface area contributed by atoms with Crippen LogP contribution in [0.1, 0.15) is 5.56 Å². The van der Waals surface area contributed by atoms with Crippen LogP contribution >= 0.6 is 0 Å². The maximum Gasteiger partial charge on any atom is 0.0927 e. The highest BCUT2D eigenvalue weighted by Crippen LogP contribution is 2.02. The molecule has 2 nitrogen and oxygen atoms in total. The molecule has 0 N–H and O–H groups in total. The largest absolute Gasteiger partial charge is 0.342 e. The first-order valence-corrected chi connectivity index (χ1v) is 3.19. The van der Waals surface area contributed by atoms with Crippen LogP contribution in [0, 0.1) is 30.1 Å². The van der Waals surface area contributed by atoms with E-state index in [2.05, 4.69) is 5.92 Å². The molecule has 0 aliphatic heterocycles. The van der Waals surface area contributed by atoms with Gasteiger partial charge in [-0.05, 0) is 11.6 Å². The molecule has 0 aromatic carbocycles. The van der Waals surface area contributed by atoms with Crippen LogP contribution in [-0.2, 0) is 6.54 Å². The van der Waals surface area contributed by atoms with Gasteiger partial charge in [-0.3, -0.25) is 0 Å². The molecule has 0 fully saturated rings. The van der Waals surface area contributed by atoms with E-state index in [1.807, 2.05) is 29.1 Å². The van der Waals surface area contributed by atoms with E-state index in [-0.39, 0.29) is 0 Å². The highest BCUT2D eigenvalue weighted by Gasteiger charge is 1.93. The maximum absolute atomic E-state index is 8.30. The highest BCUT2D eigenvalue weighted by molar-refractivity contribution is 5.26. The molecule has 1 heterocycles. The van der Waals surface area contributed by atoms with Gasteiger partial charge in [0.2, 0.25) is 0 Å². The van der Waals surface area contributed by atoms with Crippen molar-refractivity contribution in [2.75, 3.05) is 0 Å². The Morgan fingerprint density at radius 3 is 3.18 bits per heavy atom. The Hall–Kier alpha value is -1.67. The van der Waals surface area contributed by atoms with Crippen molar-refractivity contribution in [1.82, 2.24) is 4.57 Å². The number of nitriles is 1. The molecule has 2 heteroatoms. The van der Waals surface area contributed by atoms with Crippen molar-refractivity contribution in [3.05, 3.63) is 30.4 Å². The molecule has 0 aliphatic carbocycles. The third-order valence-electron chi connectivity index (χ3n) is 1.28. The zero-order valence-electron chi connectivity index (χ0n) is 5.99. The van der Waals surface area contributed by atoms with Crippen LogP contribution in [0.25, 0.3) is 0 Å². The molecule has 53 valence electrons. The van der Waals surface area contributed by atoms with E-state index in [1.54, 1.807) is 0 Å². The molecular weight excluding hydrogens is 136 g/mol. The summed E-state index contributed by atoms with van der Waals surface area (Å²) in [4.78, 5) is 0. The Balaban J connectivity index is 2.69. The van der Waals surface area contributed by atoms with E-state index >= 15 is 0 Å². The van der Waals surface area contributed by atoms with E-state index in [4.69, 9.17) is 11.7 Å². The van der Waals surface area contributed by atoms with Crippen LogP contribution in [-0.4, -0.2) is 4.57 Å². The first-order valence-electron chi connectivity index (χ1n) is 3.19. The molecule has 1 rings (SSSR count). The second-order valence-electron chi connectivity index (χ2n) is 2.09. The third-order valence-corrected chi connectivity index (χ3v) is 1.28. The molecule has 1 aromatic rings. The molecule has 0 bridgehead atoms. The molecule has 0 amide bonds. The standard InChI is InChI=1S/C9H7N2/c1-2-6-11-7-4-9(8-11)3-5-10/h1,3-4,7-8H,6H2. The summed E-state index contributed by atoms with van der Waals surface area (Å²) in [6.07, 6.45) is 10.3. The Bertz CT molecular complexity index is 279. The molecule has 0 saturated heterocycles. The van der Waals surface area contributed by atoms with E-state index in [0.717, 1.165) is 5.56 Å². The minimum atomic E-state index is 0.555. The topological polar surface area (TPSA) is 28.7 Å². The van der Waals surface area contributed by atoms with Gasteiger partial charge in [0.25, 0.3) is 0 Å². The van der Waals surface area contributed by atoms with Crippen LogP contribution in [0.2, 0.25) is 0 Å². The predicted octanol–water partition coefficient (Wildman–Crippen LogP) is 1.20.